The maximum absolute atomic E-state index is 13.5. The number of nitrogens with one attached hydrogen (secondary N) is 1. The van der Waals surface area contributed by atoms with Crippen molar-refractivity contribution in [3.05, 3.63) is 53.1 Å². The zero-order valence-corrected chi connectivity index (χ0v) is 18.0. The lowest BCUT2D eigenvalue weighted by atomic mass is 9.63. The Morgan fingerprint density at radius 2 is 1.74 bits per heavy atom. The van der Waals surface area contributed by atoms with Gasteiger partial charge in [-0.05, 0) is 36.7 Å². The van der Waals surface area contributed by atoms with Crippen molar-refractivity contribution in [3.63, 3.8) is 0 Å². The first-order valence-electron chi connectivity index (χ1n) is 10.8. The first kappa shape index (κ1) is 20.1. The summed E-state index contributed by atoms with van der Waals surface area (Å²) in [4.78, 5) is 41.2. The summed E-state index contributed by atoms with van der Waals surface area (Å²) in [5.74, 6) is -0.906. The van der Waals surface area contributed by atoms with E-state index < -0.39 is 6.04 Å². The number of aromatic nitrogens is 2. The van der Waals surface area contributed by atoms with Crippen molar-refractivity contribution in [1.29, 1.82) is 0 Å². The molecule has 0 radical (unpaired) electrons. The molecule has 5 atom stereocenters. The van der Waals surface area contributed by atoms with Gasteiger partial charge in [-0.3, -0.25) is 19.3 Å². The van der Waals surface area contributed by atoms with E-state index in [4.69, 9.17) is 0 Å². The lowest BCUT2D eigenvalue weighted by Crippen LogP contribution is -2.38. The fraction of sp³-hybridized carbons (Fsp3) is 0.435. The van der Waals surface area contributed by atoms with E-state index in [1.54, 1.807) is 0 Å². The van der Waals surface area contributed by atoms with E-state index >= 15 is 0 Å². The predicted molar refractivity (Wildman–Crippen MR) is 116 cm³/mol. The average Bonchev–Trinajstić information content (AvgIpc) is 3.37. The number of amides is 3. The van der Waals surface area contributed by atoms with Gasteiger partial charge >= 0.3 is 0 Å². The summed E-state index contributed by atoms with van der Waals surface area (Å²) < 4.78 is 0. The van der Waals surface area contributed by atoms with E-state index in [1.165, 1.54) is 16.2 Å². The van der Waals surface area contributed by atoms with Gasteiger partial charge in [0.05, 0.1) is 24.3 Å². The predicted octanol–water partition coefficient (Wildman–Crippen LogP) is 3.37. The number of aryl methyl sites for hydroxylation is 1. The van der Waals surface area contributed by atoms with Crippen LogP contribution < -0.4 is 5.32 Å². The average molecular weight is 437 g/mol. The molecule has 0 spiro atoms. The van der Waals surface area contributed by atoms with Crippen molar-refractivity contribution in [2.45, 2.75) is 38.6 Å². The number of allylic oxidation sites excluding steroid dienone is 2. The molecule has 6 rings (SSSR count). The van der Waals surface area contributed by atoms with Gasteiger partial charge in [-0.25, -0.2) is 0 Å². The quantitative estimate of drug-likeness (QED) is 0.554. The molecule has 2 heterocycles. The van der Waals surface area contributed by atoms with E-state index in [0.717, 1.165) is 29.8 Å². The number of fused-ring (bicyclic) bond motifs is 1. The molecule has 3 aliphatic carbocycles. The van der Waals surface area contributed by atoms with Gasteiger partial charge in [0.15, 0.2) is 0 Å². The van der Waals surface area contributed by atoms with E-state index in [9.17, 15) is 14.4 Å². The Labute approximate surface area is 184 Å². The minimum absolute atomic E-state index is 0.00919. The Bertz CT molecular complexity index is 1020. The van der Waals surface area contributed by atoms with Crippen LogP contribution in [0.4, 0.5) is 5.13 Å². The summed E-state index contributed by atoms with van der Waals surface area (Å²) in [6, 6.07) is 8.71. The summed E-state index contributed by atoms with van der Waals surface area (Å²) in [7, 11) is 0. The summed E-state index contributed by atoms with van der Waals surface area (Å²) in [6.07, 6.45) is 6.84. The molecule has 160 valence electrons. The fourth-order valence-corrected chi connectivity index (χ4v) is 5.93. The van der Waals surface area contributed by atoms with Crippen molar-refractivity contribution in [1.82, 2.24) is 15.1 Å². The summed E-state index contributed by atoms with van der Waals surface area (Å²) in [5.41, 5.74) is 0.782. The zero-order valence-electron chi connectivity index (χ0n) is 17.2. The van der Waals surface area contributed by atoms with Crippen LogP contribution >= 0.6 is 11.3 Å². The maximum Gasteiger partial charge on any atom is 0.234 e. The molecule has 4 aliphatic rings. The molecule has 7 nitrogen and oxygen atoms in total. The standard InChI is InChI=1S/C23H24N4O3S/c1-2-18-25-26-23(31-18)24-17(28)12-16(13-6-4-3-5-7-13)27-21(29)19-14-8-9-15(11-10-14)20(19)22(27)30/h3-9,14-16,19-20H,2,10-12H2,1H3,(H,24,26,28). The van der Waals surface area contributed by atoms with Gasteiger partial charge in [-0.1, -0.05) is 60.7 Å². The second kappa shape index (κ2) is 8.00. The molecule has 1 N–H and O–H groups in total. The third-order valence-electron chi connectivity index (χ3n) is 6.68. The Hall–Kier alpha value is -2.87. The highest BCUT2D eigenvalue weighted by Crippen LogP contribution is 2.51. The molecule has 1 saturated carbocycles. The highest BCUT2D eigenvalue weighted by molar-refractivity contribution is 7.15. The number of hydrogen-bond donors (Lipinski definition) is 1. The van der Waals surface area contributed by atoms with Crippen LogP contribution in [0.15, 0.2) is 42.5 Å². The molecule has 1 aromatic heterocycles. The van der Waals surface area contributed by atoms with E-state index in [-0.39, 0.29) is 47.8 Å². The number of anilines is 1. The number of carbonyl (C=O) groups excluding carboxylic acids is 3. The molecule has 3 amide bonds. The van der Waals surface area contributed by atoms with Crippen molar-refractivity contribution < 1.29 is 14.4 Å². The fourth-order valence-electron chi connectivity index (χ4n) is 5.23. The molecule has 1 saturated heterocycles. The highest BCUT2D eigenvalue weighted by Gasteiger charge is 2.58. The summed E-state index contributed by atoms with van der Waals surface area (Å²) in [5, 5.41) is 12.1. The van der Waals surface area contributed by atoms with Crippen LogP contribution in [0.25, 0.3) is 0 Å². The van der Waals surface area contributed by atoms with E-state index in [1.807, 2.05) is 37.3 Å². The highest BCUT2D eigenvalue weighted by atomic mass is 32.1. The van der Waals surface area contributed by atoms with Crippen molar-refractivity contribution in [2.75, 3.05) is 5.32 Å². The number of nitrogens with zero attached hydrogens (tertiary/aromatic N) is 3. The van der Waals surface area contributed by atoms with Crippen LogP contribution in [0.1, 0.15) is 42.8 Å². The monoisotopic (exact) mass is 436 g/mol. The molecule has 2 aromatic rings. The smallest absolute Gasteiger partial charge is 0.234 e. The largest absolute Gasteiger partial charge is 0.300 e. The number of rotatable bonds is 6. The van der Waals surface area contributed by atoms with Crippen molar-refractivity contribution in [3.8, 4) is 0 Å². The Kier molecular flexibility index (Phi) is 5.17. The third kappa shape index (κ3) is 3.48. The number of hydrogen-bond acceptors (Lipinski definition) is 6. The minimum atomic E-state index is -0.634. The van der Waals surface area contributed by atoms with Gasteiger partial charge in [0.25, 0.3) is 0 Å². The van der Waals surface area contributed by atoms with Gasteiger partial charge in [-0.2, -0.15) is 0 Å². The zero-order chi connectivity index (χ0) is 21.5. The summed E-state index contributed by atoms with van der Waals surface area (Å²) in [6.45, 7) is 1.98. The number of imide groups is 1. The molecule has 1 aliphatic heterocycles. The van der Waals surface area contributed by atoms with Crippen LogP contribution in [0.2, 0.25) is 0 Å². The normalized spacial score (nSPS) is 27.5. The van der Waals surface area contributed by atoms with E-state index in [0.29, 0.717) is 5.13 Å². The lowest BCUT2D eigenvalue weighted by Gasteiger charge is -2.38. The Morgan fingerprint density at radius 1 is 1.10 bits per heavy atom. The molecular formula is C23H24N4O3S. The second-order valence-electron chi connectivity index (χ2n) is 8.42. The number of benzene rings is 1. The Morgan fingerprint density at radius 3 is 2.29 bits per heavy atom. The lowest BCUT2D eigenvalue weighted by molar-refractivity contribution is -0.143. The first-order chi connectivity index (χ1) is 15.1. The van der Waals surface area contributed by atoms with Gasteiger partial charge in [0.2, 0.25) is 22.9 Å². The molecular weight excluding hydrogens is 412 g/mol. The van der Waals surface area contributed by atoms with Gasteiger partial charge < -0.3 is 5.32 Å². The van der Waals surface area contributed by atoms with Crippen LogP contribution in [-0.4, -0.2) is 32.8 Å². The Balaban J connectivity index is 1.42. The van der Waals surface area contributed by atoms with Crippen LogP contribution in [0.3, 0.4) is 0 Å². The molecule has 31 heavy (non-hydrogen) atoms. The van der Waals surface area contributed by atoms with Crippen LogP contribution in [-0.2, 0) is 20.8 Å². The molecule has 5 unspecified atom stereocenters. The minimum Gasteiger partial charge on any atom is -0.300 e. The maximum atomic E-state index is 13.5. The van der Waals surface area contributed by atoms with Crippen molar-refractivity contribution >= 4 is 34.2 Å². The molecule has 2 fully saturated rings. The molecule has 8 heteroatoms. The molecule has 2 bridgehead atoms. The van der Waals surface area contributed by atoms with Gasteiger partial charge in [-0.15, -0.1) is 10.2 Å². The second-order valence-corrected chi connectivity index (χ2v) is 9.48. The SMILES string of the molecule is CCc1nnc(NC(=O)CC(c2ccccc2)N2C(=O)C3C4C=CC(CC4)C3C2=O)s1. The van der Waals surface area contributed by atoms with Crippen LogP contribution in [0.5, 0.6) is 0 Å². The summed E-state index contributed by atoms with van der Waals surface area (Å²) >= 11 is 1.33. The van der Waals surface area contributed by atoms with Gasteiger partial charge in [0.1, 0.15) is 5.01 Å². The van der Waals surface area contributed by atoms with Crippen molar-refractivity contribution in [2.24, 2.45) is 23.7 Å². The van der Waals surface area contributed by atoms with E-state index in [2.05, 4.69) is 27.7 Å². The first-order valence-corrected chi connectivity index (χ1v) is 11.6. The molecule has 1 aromatic carbocycles. The number of carbonyl (C=O) groups is 3. The number of likely N-dealkylation sites (tertiary alicyclic amines) is 1. The van der Waals surface area contributed by atoms with Gasteiger partial charge in [0, 0.05) is 0 Å². The topological polar surface area (TPSA) is 92.3 Å². The van der Waals surface area contributed by atoms with Crippen LogP contribution in [0, 0.1) is 23.7 Å². The third-order valence-corrected chi connectivity index (χ3v) is 7.67.